The fourth-order valence-corrected chi connectivity index (χ4v) is 3.90. The van der Waals surface area contributed by atoms with Crippen molar-refractivity contribution in [3.63, 3.8) is 0 Å². The standard InChI is InChI=1S/C20H24Cl2N2O2.C8H10O2/c21-19-7-2-16(14-20(19)22)15-25-12-1-13-26-18-5-3-17(4-6-18)24-10-8-23-9-11-24;1-10-8-4-2-7(6-9)3-5-8/h2-7,14,23H,1,8-13,15H2;2-5,9H,6H2,1H3. The second-order valence-electron chi connectivity index (χ2n) is 8.24. The molecule has 1 fully saturated rings. The van der Waals surface area contributed by atoms with E-state index in [9.17, 15) is 0 Å². The third-order valence-corrected chi connectivity index (χ3v) is 6.35. The van der Waals surface area contributed by atoms with Gasteiger partial charge in [-0.15, -0.1) is 0 Å². The highest BCUT2D eigenvalue weighted by Gasteiger charge is 2.10. The molecule has 1 saturated heterocycles. The van der Waals surface area contributed by atoms with Gasteiger partial charge in [0, 0.05) is 38.3 Å². The minimum Gasteiger partial charge on any atom is -0.497 e. The number of piperazine rings is 1. The molecule has 6 nitrogen and oxygen atoms in total. The predicted octanol–water partition coefficient (Wildman–Crippen LogP) is 5.58. The normalized spacial score (nSPS) is 13.1. The zero-order valence-electron chi connectivity index (χ0n) is 20.6. The van der Waals surface area contributed by atoms with Crippen LogP contribution in [0.15, 0.2) is 66.7 Å². The summed E-state index contributed by atoms with van der Waals surface area (Å²) in [4.78, 5) is 2.39. The molecule has 2 N–H and O–H groups in total. The molecule has 3 aromatic rings. The van der Waals surface area contributed by atoms with Crippen molar-refractivity contribution in [2.75, 3.05) is 51.4 Å². The maximum atomic E-state index is 8.66. The second-order valence-corrected chi connectivity index (χ2v) is 9.05. The van der Waals surface area contributed by atoms with Crippen molar-refractivity contribution in [2.24, 2.45) is 0 Å². The summed E-state index contributed by atoms with van der Waals surface area (Å²) in [6.07, 6.45) is 0.834. The lowest BCUT2D eigenvalue weighted by Crippen LogP contribution is -2.43. The molecule has 194 valence electrons. The molecule has 3 aromatic carbocycles. The summed E-state index contributed by atoms with van der Waals surface area (Å²) in [6, 6.07) is 21.2. The highest BCUT2D eigenvalue weighted by atomic mass is 35.5. The van der Waals surface area contributed by atoms with E-state index in [1.54, 1.807) is 13.2 Å². The van der Waals surface area contributed by atoms with Gasteiger partial charge in [-0.05, 0) is 59.7 Å². The number of ether oxygens (including phenoxy) is 3. The quantitative estimate of drug-likeness (QED) is 0.332. The molecule has 1 aliphatic rings. The number of nitrogens with one attached hydrogen (secondary N) is 1. The molecule has 0 unspecified atom stereocenters. The number of hydrogen-bond donors (Lipinski definition) is 2. The van der Waals surface area contributed by atoms with Gasteiger partial charge in [0.05, 0.1) is 43.6 Å². The predicted molar refractivity (Wildman–Crippen MR) is 147 cm³/mol. The number of methoxy groups -OCH3 is 1. The molecule has 1 aliphatic heterocycles. The molecule has 0 amide bonds. The van der Waals surface area contributed by atoms with Gasteiger partial charge in [0.15, 0.2) is 0 Å². The van der Waals surface area contributed by atoms with E-state index in [1.807, 2.05) is 48.5 Å². The van der Waals surface area contributed by atoms with Gasteiger partial charge < -0.3 is 29.5 Å². The molecule has 4 rings (SSSR count). The number of benzene rings is 3. The summed E-state index contributed by atoms with van der Waals surface area (Å²) < 4.78 is 16.4. The molecule has 0 saturated carbocycles. The number of aliphatic hydroxyl groups is 1. The smallest absolute Gasteiger partial charge is 0.119 e. The minimum atomic E-state index is 0.0873. The number of anilines is 1. The van der Waals surface area contributed by atoms with Crippen LogP contribution >= 0.6 is 23.2 Å². The fourth-order valence-electron chi connectivity index (χ4n) is 3.58. The summed E-state index contributed by atoms with van der Waals surface area (Å²) in [5.74, 6) is 1.71. The molecule has 0 radical (unpaired) electrons. The van der Waals surface area contributed by atoms with E-state index in [4.69, 9.17) is 42.5 Å². The Balaban J connectivity index is 0.000000303. The molecular weight excluding hydrogens is 499 g/mol. The third kappa shape index (κ3) is 9.52. The van der Waals surface area contributed by atoms with Crippen LogP contribution in [-0.2, 0) is 18.0 Å². The SMILES string of the molecule is COc1ccc(CO)cc1.Clc1ccc(COCCCOc2ccc(N3CCNCC3)cc2)cc1Cl. The third-order valence-electron chi connectivity index (χ3n) is 5.61. The topological polar surface area (TPSA) is 63.2 Å². The molecule has 0 atom stereocenters. The Bertz CT molecular complexity index is 1000. The van der Waals surface area contributed by atoms with Crippen LogP contribution < -0.4 is 19.7 Å². The maximum Gasteiger partial charge on any atom is 0.119 e. The first kappa shape index (κ1) is 28.1. The monoisotopic (exact) mass is 532 g/mol. The van der Waals surface area contributed by atoms with Crippen molar-refractivity contribution >= 4 is 28.9 Å². The Morgan fingerprint density at radius 1 is 0.833 bits per heavy atom. The van der Waals surface area contributed by atoms with Gasteiger partial charge in [-0.1, -0.05) is 41.4 Å². The first-order chi connectivity index (χ1) is 17.6. The largest absolute Gasteiger partial charge is 0.497 e. The molecule has 8 heteroatoms. The van der Waals surface area contributed by atoms with Crippen LogP contribution in [0.2, 0.25) is 10.0 Å². The van der Waals surface area contributed by atoms with Crippen LogP contribution in [0.1, 0.15) is 17.5 Å². The van der Waals surface area contributed by atoms with Gasteiger partial charge in [0.2, 0.25) is 0 Å². The average Bonchev–Trinajstić information content (AvgIpc) is 2.94. The molecule has 0 aliphatic carbocycles. The van der Waals surface area contributed by atoms with E-state index in [0.717, 1.165) is 55.2 Å². The Morgan fingerprint density at radius 3 is 2.14 bits per heavy atom. The van der Waals surface area contributed by atoms with E-state index in [2.05, 4.69) is 22.3 Å². The number of halogens is 2. The van der Waals surface area contributed by atoms with E-state index >= 15 is 0 Å². The lowest BCUT2D eigenvalue weighted by atomic mass is 10.2. The number of rotatable bonds is 10. The van der Waals surface area contributed by atoms with Crippen LogP contribution in [0.4, 0.5) is 5.69 Å². The van der Waals surface area contributed by atoms with Crippen molar-refractivity contribution in [1.29, 1.82) is 0 Å². The molecule has 0 spiro atoms. The first-order valence-electron chi connectivity index (χ1n) is 12.0. The van der Waals surface area contributed by atoms with Crippen LogP contribution in [0.5, 0.6) is 11.5 Å². The van der Waals surface area contributed by atoms with Gasteiger partial charge in [-0.25, -0.2) is 0 Å². The fraction of sp³-hybridized carbons (Fsp3) is 0.357. The van der Waals surface area contributed by atoms with E-state index < -0.39 is 0 Å². The van der Waals surface area contributed by atoms with Gasteiger partial charge in [0.1, 0.15) is 11.5 Å². The molecule has 0 bridgehead atoms. The number of hydrogen-bond acceptors (Lipinski definition) is 6. The van der Waals surface area contributed by atoms with Crippen LogP contribution in [0.25, 0.3) is 0 Å². The van der Waals surface area contributed by atoms with Crippen LogP contribution in [0.3, 0.4) is 0 Å². The summed E-state index contributed by atoms with van der Waals surface area (Å²) in [7, 11) is 1.62. The van der Waals surface area contributed by atoms with Gasteiger partial charge >= 0.3 is 0 Å². The molecule has 36 heavy (non-hydrogen) atoms. The van der Waals surface area contributed by atoms with Crippen molar-refractivity contribution in [3.05, 3.63) is 87.9 Å². The molecular formula is C28H34Cl2N2O4. The van der Waals surface area contributed by atoms with Crippen LogP contribution in [-0.4, -0.2) is 51.6 Å². The van der Waals surface area contributed by atoms with Gasteiger partial charge in [-0.3, -0.25) is 0 Å². The highest BCUT2D eigenvalue weighted by Crippen LogP contribution is 2.23. The number of nitrogens with zero attached hydrogens (tertiary/aromatic N) is 1. The maximum absolute atomic E-state index is 8.66. The second kappa shape index (κ2) is 15.6. The summed E-state index contributed by atoms with van der Waals surface area (Å²) >= 11 is 11.9. The van der Waals surface area contributed by atoms with Crippen molar-refractivity contribution in [2.45, 2.75) is 19.6 Å². The van der Waals surface area contributed by atoms with Crippen molar-refractivity contribution < 1.29 is 19.3 Å². The van der Waals surface area contributed by atoms with E-state index in [0.29, 0.717) is 29.9 Å². The summed E-state index contributed by atoms with van der Waals surface area (Å²) in [5.41, 5.74) is 3.17. The van der Waals surface area contributed by atoms with Crippen molar-refractivity contribution in [3.8, 4) is 11.5 Å². The minimum absolute atomic E-state index is 0.0873. The lowest BCUT2D eigenvalue weighted by Gasteiger charge is -2.29. The van der Waals surface area contributed by atoms with Gasteiger partial charge in [-0.2, -0.15) is 0 Å². The molecule has 1 heterocycles. The van der Waals surface area contributed by atoms with E-state index in [1.165, 1.54) is 5.69 Å². The van der Waals surface area contributed by atoms with Crippen molar-refractivity contribution in [1.82, 2.24) is 5.32 Å². The Kier molecular flexibility index (Phi) is 12.2. The van der Waals surface area contributed by atoms with E-state index in [-0.39, 0.29) is 6.61 Å². The average molecular weight is 533 g/mol. The van der Waals surface area contributed by atoms with Gasteiger partial charge in [0.25, 0.3) is 0 Å². The van der Waals surface area contributed by atoms with Crippen LogP contribution in [0, 0.1) is 0 Å². The number of aliphatic hydroxyl groups excluding tert-OH is 1. The highest BCUT2D eigenvalue weighted by molar-refractivity contribution is 6.42. The zero-order valence-corrected chi connectivity index (χ0v) is 22.1. The first-order valence-corrected chi connectivity index (χ1v) is 12.8. The lowest BCUT2D eigenvalue weighted by molar-refractivity contribution is 0.107. The summed E-state index contributed by atoms with van der Waals surface area (Å²) in [6.45, 7) is 6.07. The Morgan fingerprint density at radius 2 is 1.50 bits per heavy atom. The Labute approximate surface area is 223 Å². The summed E-state index contributed by atoms with van der Waals surface area (Å²) in [5, 5.41) is 13.1. The molecule has 0 aromatic heterocycles. The Hall–Kier alpha value is -2.48. The zero-order chi connectivity index (χ0) is 25.6.